The summed E-state index contributed by atoms with van der Waals surface area (Å²) in [4.78, 5) is 0. The van der Waals surface area contributed by atoms with Crippen LogP contribution in [-0.4, -0.2) is 6.16 Å². The molecule has 0 aromatic heterocycles. The number of hydrogen-bond donors (Lipinski definition) is 0. The third-order valence-electron chi connectivity index (χ3n) is 3.52. The zero-order valence-electron chi connectivity index (χ0n) is 12.1. The number of allylic oxidation sites excluding steroid dienone is 9. The lowest BCUT2D eigenvalue weighted by Crippen LogP contribution is -2.16. The summed E-state index contributed by atoms with van der Waals surface area (Å²) < 4.78 is 0. The summed E-state index contributed by atoms with van der Waals surface area (Å²) in [7, 11) is 0.893. The summed E-state index contributed by atoms with van der Waals surface area (Å²) in [6.45, 7) is 12.9. The highest BCUT2D eigenvalue weighted by molar-refractivity contribution is 7.43. The molecule has 0 saturated carbocycles. The predicted octanol–water partition coefficient (Wildman–Crippen LogP) is 5.61. The maximum absolute atomic E-state index is 3.93. The van der Waals surface area contributed by atoms with Gasteiger partial charge in [-0.25, -0.2) is 0 Å². The molecule has 98 valence electrons. The molecule has 0 saturated heterocycles. The Hall–Kier alpha value is -0.870. The molecule has 0 heterocycles. The monoisotopic (exact) mass is 260 g/mol. The van der Waals surface area contributed by atoms with Gasteiger partial charge in [0.2, 0.25) is 0 Å². The minimum absolute atomic E-state index is 0.185. The Morgan fingerprint density at radius 2 is 2.17 bits per heavy atom. The first-order valence-corrected chi connectivity index (χ1v) is 7.88. The molecule has 0 N–H and O–H groups in total. The van der Waals surface area contributed by atoms with E-state index in [0.29, 0.717) is 0 Å². The summed E-state index contributed by atoms with van der Waals surface area (Å²) in [5, 5.41) is 1.58. The van der Waals surface area contributed by atoms with E-state index in [-0.39, 0.29) is 5.41 Å². The number of rotatable bonds is 5. The normalized spacial score (nSPS) is 25.7. The summed E-state index contributed by atoms with van der Waals surface area (Å²) in [5.41, 5.74) is 2.87. The fourth-order valence-corrected chi connectivity index (χ4v) is 3.84. The van der Waals surface area contributed by atoms with Gasteiger partial charge in [0.25, 0.3) is 0 Å². The maximum atomic E-state index is 3.93. The Kier molecular flexibility index (Phi) is 5.82. The van der Waals surface area contributed by atoms with E-state index in [1.54, 1.807) is 5.31 Å². The van der Waals surface area contributed by atoms with E-state index in [4.69, 9.17) is 0 Å². The van der Waals surface area contributed by atoms with E-state index in [0.717, 1.165) is 15.0 Å². The molecular weight excluding hydrogens is 235 g/mol. The second-order valence-corrected chi connectivity index (χ2v) is 6.45. The van der Waals surface area contributed by atoms with E-state index in [1.807, 2.05) is 6.08 Å². The lowest BCUT2D eigenvalue weighted by molar-refractivity contribution is 0.541. The topological polar surface area (TPSA) is 0 Å². The van der Waals surface area contributed by atoms with Gasteiger partial charge in [0.05, 0.1) is 0 Å². The molecule has 2 atom stereocenters. The molecule has 0 bridgehead atoms. The van der Waals surface area contributed by atoms with Crippen LogP contribution < -0.4 is 0 Å². The van der Waals surface area contributed by atoms with Crippen molar-refractivity contribution in [3.63, 3.8) is 0 Å². The second-order valence-electron chi connectivity index (χ2n) is 4.89. The predicted molar refractivity (Wildman–Crippen MR) is 86.5 cm³/mol. The van der Waals surface area contributed by atoms with Gasteiger partial charge in [-0.1, -0.05) is 65.5 Å². The molecule has 0 spiro atoms. The van der Waals surface area contributed by atoms with E-state index in [9.17, 15) is 0 Å². The molecule has 1 heteroatoms. The fraction of sp³-hybridized carbons (Fsp3) is 0.412. The molecule has 2 unspecified atom stereocenters. The van der Waals surface area contributed by atoms with Gasteiger partial charge in [0.15, 0.2) is 0 Å². The van der Waals surface area contributed by atoms with Crippen LogP contribution in [0.4, 0.5) is 0 Å². The molecule has 0 amide bonds. The van der Waals surface area contributed by atoms with Crippen LogP contribution in [0.15, 0.2) is 59.5 Å². The fourth-order valence-electron chi connectivity index (χ4n) is 2.48. The highest BCUT2D eigenvalue weighted by atomic mass is 31.1. The molecule has 1 rings (SSSR count). The molecule has 18 heavy (non-hydrogen) atoms. The molecular formula is C17H25P. The Bertz CT molecular complexity index is 421. The highest BCUT2D eigenvalue weighted by Crippen LogP contribution is 2.47. The van der Waals surface area contributed by atoms with Crippen molar-refractivity contribution in [1.82, 2.24) is 0 Å². The highest BCUT2D eigenvalue weighted by Gasteiger charge is 2.27. The minimum Gasteiger partial charge on any atom is -0.0985 e. The van der Waals surface area contributed by atoms with Gasteiger partial charge >= 0.3 is 0 Å². The van der Waals surface area contributed by atoms with Crippen molar-refractivity contribution in [1.29, 1.82) is 0 Å². The van der Waals surface area contributed by atoms with Gasteiger partial charge in [-0.3, -0.25) is 0 Å². The summed E-state index contributed by atoms with van der Waals surface area (Å²) in [5.74, 6) is 0. The lowest BCUT2D eigenvalue weighted by Gasteiger charge is -2.32. The van der Waals surface area contributed by atoms with E-state index < -0.39 is 0 Å². The largest absolute Gasteiger partial charge is 0.0985 e. The lowest BCUT2D eigenvalue weighted by atomic mass is 9.81. The van der Waals surface area contributed by atoms with Crippen LogP contribution >= 0.6 is 8.58 Å². The summed E-state index contributed by atoms with van der Waals surface area (Å²) >= 11 is 0. The zero-order chi connectivity index (χ0) is 13.6. The summed E-state index contributed by atoms with van der Waals surface area (Å²) in [6, 6.07) is 0. The molecule has 0 fully saturated rings. The van der Waals surface area contributed by atoms with Gasteiger partial charge in [0.1, 0.15) is 0 Å². The van der Waals surface area contributed by atoms with Gasteiger partial charge in [-0.2, -0.15) is 0 Å². The molecule has 0 aromatic carbocycles. The quantitative estimate of drug-likeness (QED) is 0.445. The minimum atomic E-state index is 0.185. The van der Waals surface area contributed by atoms with Crippen molar-refractivity contribution < 1.29 is 0 Å². The van der Waals surface area contributed by atoms with Crippen LogP contribution in [0, 0.1) is 5.41 Å². The van der Waals surface area contributed by atoms with Gasteiger partial charge in [-0.05, 0) is 42.9 Å². The van der Waals surface area contributed by atoms with Gasteiger partial charge in [0, 0.05) is 5.41 Å². The van der Waals surface area contributed by atoms with Crippen LogP contribution in [0.2, 0.25) is 0 Å². The second kappa shape index (κ2) is 6.90. The average Bonchev–Trinajstić information content (AvgIpc) is 2.38. The average molecular weight is 260 g/mol. The first-order chi connectivity index (χ1) is 8.59. The van der Waals surface area contributed by atoms with Crippen molar-refractivity contribution in [2.45, 2.75) is 34.1 Å². The van der Waals surface area contributed by atoms with Crippen molar-refractivity contribution >= 4 is 8.58 Å². The van der Waals surface area contributed by atoms with Crippen molar-refractivity contribution in [3.8, 4) is 0 Å². The SMILES string of the molecule is C=CC(=C/C)/C(C)=C(/PCC)C1(C)C=CC=CC1. The maximum Gasteiger partial charge on any atom is 0.0146 e. The van der Waals surface area contributed by atoms with Gasteiger partial charge in [-0.15, -0.1) is 0 Å². The van der Waals surface area contributed by atoms with Crippen LogP contribution in [0.25, 0.3) is 0 Å². The third kappa shape index (κ3) is 3.33. The Balaban J connectivity index is 3.24. The molecule has 0 aromatic rings. The standard InChI is InChI=1S/C17H25P/c1-6-15(7-2)14(4)16(18-8-3)17(5)12-10-9-11-13-17/h6-7,9-12,18H,1,8,13H2,2-5H3/b15-7-,16-14+. The van der Waals surface area contributed by atoms with Crippen LogP contribution in [0.1, 0.15) is 34.1 Å². The van der Waals surface area contributed by atoms with Crippen LogP contribution in [-0.2, 0) is 0 Å². The smallest absolute Gasteiger partial charge is 0.0146 e. The van der Waals surface area contributed by atoms with Crippen molar-refractivity contribution in [2.75, 3.05) is 6.16 Å². The van der Waals surface area contributed by atoms with E-state index >= 15 is 0 Å². The Morgan fingerprint density at radius 1 is 1.44 bits per heavy atom. The number of hydrogen-bond acceptors (Lipinski definition) is 0. The van der Waals surface area contributed by atoms with Crippen molar-refractivity contribution in [2.24, 2.45) is 5.41 Å². The molecule has 1 aliphatic rings. The molecule has 0 radical (unpaired) electrons. The van der Waals surface area contributed by atoms with Crippen LogP contribution in [0.3, 0.4) is 0 Å². The first-order valence-electron chi connectivity index (χ1n) is 6.67. The van der Waals surface area contributed by atoms with E-state index in [1.165, 1.54) is 17.3 Å². The summed E-state index contributed by atoms with van der Waals surface area (Å²) in [6.07, 6.45) is 15.4. The Morgan fingerprint density at radius 3 is 2.61 bits per heavy atom. The Labute approximate surface area is 114 Å². The molecule has 0 nitrogen and oxygen atoms in total. The van der Waals surface area contributed by atoms with E-state index in [2.05, 4.69) is 64.7 Å². The molecule has 0 aliphatic heterocycles. The van der Waals surface area contributed by atoms with Crippen LogP contribution in [0.5, 0.6) is 0 Å². The van der Waals surface area contributed by atoms with Crippen molar-refractivity contribution in [3.05, 3.63) is 59.5 Å². The third-order valence-corrected chi connectivity index (χ3v) is 5.17. The first kappa shape index (κ1) is 15.2. The molecule has 1 aliphatic carbocycles. The zero-order valence-corrected chi connectivity index (χ0v) is 13.1. The van der Waals surface area contributed by atoms with Gasteiger partial charge < -0.3 is 0 Å².